The van der Waals surface area contributed by atoms with Crippen molar-refractivity contribution in [1.82, 2.24) is 0 Å². The minimum absolute atomic E-state index is 0.110. The van der Waals surface area contributed by atoms with Crippen LogP contribution in [-0.2, 0) is 10.5 Å². The highest BCUT2D eigenvalue weighted by atomic mass is 35.5. The highest BCUT2D eigenvalue weighted by Gasteiger charge is 2.13. The zero-order valence-electron chi connectivity index (χ0n) is 12.3. The lowest BCUT2D eigenvalue weighted by Crippen LogP contribution is -2.32. The van der Waals surface area contributed by atoms with Gasteiger partial charge in [0.2, 0.25) is 5.91 Å². The van der Waals surface area contributed by atoms with Crippen LogP contribution in [0, 0.1) is 0 Å². The molecule has 2 nitrogen and oxygen atoms in total. The number of halogens is 2. The molecule has 2 rings (SSSR count). The Morgan fingerprint density at radius 1 is 1.09 bits per heavy atom. The van der Waals surface area contributed by atoms with Gasteiger partial charge >= 0.3 is 0 Å². The van der Waals surface area contributed by atoms with E-state index in [1.54, 1.807) is 22.7 Å². The van der Waals surface area contributed by atoms with E-state index >= 15 is 0 Å². The number of thioether (sulfide) groups is 1. The van der Waals surface area contributed by atoms with E-state index in [1.165, 1.54) is 0 Å². The molecule has 0 heterocycles. The van der Waals surface area contributed by atoms with Crippen molar-refractivity contribution in [3.05, 3.63) is 64.1 Å². The molecule has 5 heteroatoms. The first-order valence-corrected chi connectivity index (χ1v) is 8.90. The van der Waals surface area contributed by atoms with E-state index in [-0.39, 0.29) is 5.91 Å². The Morgan fingerprint density at radius 2 is 1.82 bits per heavy atom. The van der Waals surface area contributed by atoms with Gasteiger partial charge in [0.1, 0.15) is 0 Å². The molecule has 0 unspecified atom stereocenters. The molecule has 0 saturated carbocycles. The highest BCUT2D eigenvalue weighted by Crippen LogP contribution is 2.25. The summed E-state index contributed by atoms with van der Waals surface area (Å²) in [6.45, 7) is 2.64. The Morgan fingerprint density at radius 3 is 2.45 bits per heavy atom. The average molecular weight is 354 g/mol. The zero-order chi connectivity index (χ0) is 15.9. The van der Waals surface area contributed by atoms with Gasteiger partial charge in [-0.25, -0.2) is 0 Å². The van der Waals surface area contributed by atoms with Crippen LogP contribution >= 0.6 is 35.0 Å². The van der Waals surface area contributed by atoms with Crippen LogP contribution in [0.5, 0.6) is 0 Å². The summed E-state index contributed by atoms with van der Waals surface area (Å²) < 4.78 is 0. The molecule has 22 heavy (non-hydrogen) atoms. The lowest BCUT2D eigenvalue weighted by Gasteiger charge is -2.20. The van der Waals surface area contributed by atoms with Gasteiger partial charge in [0, 0.05) is 18.0 Å². The third-order valence-electron chi connectivity index (χ3n) is 3.16. The molecule has 0 N–H and O–H groups in total. The van der Waals surface area contributed by atoms with Crippen LogP contribution in [-0.4, -0.2) is 18.2 Å². The van der Waals surface area contributed by atoms with Crippen LogP contribution in [0.25, 0.3) is 0 Å². The number of nitrogens with zero attached hydrogens (tertiary/aromatic N) is 1. The molecule has 0 aliphatic heterocycles. The van der Waals surface area contributed by atoms with E-state index in [0.29, 0.717) is 22.3 Å². The van der Waals surface area contributed by atoms with Crippen molar-refractivity contribution in [2.45, 2.75) is 12.7 Å². The summed E-state index contributed by atoms with van der Waals surface area (Å²) in [5.41, 5.74) is 2.00. The van der Waals surface area contributed by atoms with Crippen LogP contribution in [0.4, 0.5) is 5.69 Å². The average Bonchev–Trinajstić information content (AvgIpc) is 2.52. The summed E-state index contributed by atoms with van der Waals surface area (Å²) in [4.78, 5) is 14.1. The standard InChI is InChI=1S/C17H17Cl2NOS/c1-2-20(14-6-4-3-5-7-14)17(21)12-22-11-13-8-9-15(18)16(19)10-13/h3-10H,2,11-12H2,1H3. The smallest absolute Gasteiger partial charge is 0.236 e. The summed E-state index contributed by atoms with van der Waals surface area (Å²) in [6.07, 6.45) is 0. The van der Waals surface area contributed by atoms with Gasteiger partial charge in [-0.05, 0) is 36.8 Å². The molecule has 2 aromatic carbocycles. The highest BCUT2D eigenvalue weighted by molar-refractivity contribution is 7.99. The van der Waals surface area contributed by atoms with Gasteiger partial charge < -0.3 is 4.90 Å². The lowest BCUT2D eigenvalue weighted by molar-refractivity contribution is -0.116. The van der Waals surface area contributed by atoms with E-state index < -0.39 is 0 Å². The number of hydrogen-bond acceptors (Lipinski definition) is 2. The van der Waals surface area contributed by atoms with Gasteiger partial charge in [-0.3, -0.25) is 4.79 Å². The number of benzene rings is 2. The van der Waals surface area contributed by atoms with Gasteiger partial charge in [-0.15, -0.1) is 11.8 Å². The summed E-state index contributed by atoms with van der Waals surface area (Å²) in [6, 6.07) is 15.3. The minimum atomic E-state index is 0.110. The zero-order valence-corrected chi connectivity index (χ0v) is 14.6. The first-order valence-electron chi connectivity index (χ1n) is 6.99. The third-order valence-corrected chi connectivity index (χ3v) is 4.89. The normalized spacial score (nSPS) is 10.5. The molecule has 0 atom stereocenters. The molecule has 0 aliphatic carbocycles. The topological polar surface area (TPSA) is 20.3 Å². The molecule has 1 amide bonds. The second-order valence-corrected chi connectivity index (χ2v) is 6.51. The molecule has 0 fully saturated rings. The monoisotopic (exact) mass is 353 g/mol. The molecular weight excluding hydrogens is 337 g/mol. The summed E-state index contributed by atoms with van der Waals surface area (Å²) in [5, 5.41) is 1.10. The maximum atomic E-state index is 12.3. The summed E-state index contributed by atoms with van der Waals surface area (Å²) in [5.74, 6) is 1.27. The van der Waals surface area contributed by atoms with Crippen molar-refractivity contribution in [2.75, 3.05) is 17.2 Å². The number of carbonyl (C=O) groups excluding carboxylic acids is 1. The number of anilines is 1. The number of amides is 1. The first kappa shape index (κ1) is 17.2. The van der Waals surface area contributed by atoms with E-state index in [2.05, 4.69) is 0 Å². The Labute approximate surface area is 145 Å². The summed E-state index contributed by atoms with van der Waals surface area (Å²) >= 11 is 13.5. The van der Waals surface area contributed by atoms with Crippen molar-refractivity contribution in [1.29, 1.82) is 0 Å². The fourth-order valence-electron chi connectivity index (χ4n) is 2.07. The number of para-hydroxylation sites is 1. The van der Waals surface area contributed by atoms with Gasteiger partial charge in [0.15, 0.2) is 0 Å². The molecular formula is C17H17Cl2NOS. The predicted molar refractivity (Wildman–Crippen MR) is 97.1 cm³/mol. The SMILES string of the molecule is CCN(C(=O)CSCc1ccc(Cl)c(Cl)c1)c1ccccc1. The molecule has 2 aromatic rings. The molecule has 0 bridgehead atoms. The van der Waals surface area contributed by atoms with Crippen LogP contribution in [0.3, 0.4) is 0 Å². The second kappa shape index (κ2) is 8.47. The minimum Gasteiger partial charge on any atom is -0.312 e. The van der Waals surface area contributed by atoms with Crippen LogP contribution < -0.4 is 4.90 Å². The fourth-order valence-corrected chi connectivity index (χ4v) is 3.24. The van der Waals surface area contributed by atoms with E-state index in [1.807, 2.05) is 49.4 Å². The number of rotatable bonds is 6. The lowest BCUT2D eigenvalue weighted by atomic mass is 10.2. The summed E-state index contributed by atoms with van der Waals surface area (Å²) in [7, 11) is 0. The Kier molecular flexibility index (Phi) is 6.62. The van der Waals surface area contributed by atoms with Crippen LogP contribution in [0.1, 0.15) is 12.5 Å². The fraction of sp³-hybridized carbons (Fsp3) is 0.235. The molecule has 116 valence electrons. The van der Waals surface area contributed by atoms with E-state index in [0.717, 1.165) is 17.0 Å². The van der Waals surface area contributed by atoms with Crippen molar-refractivity contribution >= 4 is 46.6 Å². The van der Waals surface area contributed by atoms with Crippen molar-refractivity contribution < 1.29 is 4.79 Å². The van der Waals surface area contributed by atoms with Crippen molar-refractivity contribution in [3.63, 3.8) is 0 Å². The maximum Gasteiger partial charge on any atom is 0.236 e. The van der Waals surface area contributed by atoms with Crippen LogP contribution in [0.2, 0.25) is 10.0 Å². The quantitative estimate of drug-likeness (QED) is 0.703. The molecule has 0 saturated heterocycles. The Bertz CT molecular complexity index is 634. The van der Waals surface area contributed by atoms with Gasteiger partial charge in [0.25, 0.3) is 0 Å². The molecule has 0 radical (unpaired) electrons. The maximum absolute atomic E-state index is 12.3. The predicted octanol–water partition coefficient (Wildman–Crippen LogP) is 5.28. The van der Waals surface area contributed by atoms with Gasteiger partial charge in [0.05, 0.1) is 15.8 Å². The number of hydrogen-bond donors (Lipinski definition) is 0. The molecule has 0 spiro atoms. The molecule has 0 aliphatic rings. The van der Waals surface area contributed by atoms with Crippen molar-refractivity contribution in [2.24, 2.45) is 0 Å². The second-order valence-electron chi connectivity index (χ2n) is 4.71. The van der Waals surface area contributed by atoms with Gasteiger partial charge in [-0.1, -0.05) is 47.5 Å². The number of carbonyl (C=O) groups is 1. The van der Waals surface area contributed by atoms with E-state index in [4.69, 9.17) is 23.2 Å². The Balaban J connectivity index is 1.90. The van der Waals surface area contributed by atoms with Gasteiger partial charge in [-0.2, -0.15) is 0 Å². The van der Waals surface area contributed by atoms with E-state index in [9.17, 15) is 4.79 Å². The first-order chi connectivity index (χ1) is 10.6. The van der Waals surface area contributed by atoms with Crippen LogP contribution in [0.15, 0.2) is 48.5 Å². The van der Waals surface area contributed by atoms with Crippen molar-refractivity contribution in [3.8, 4) is 0 Å². The Hall–Kier alpha value is -1.16. The largest absolute Gasteiger partial charge is 0.312 e. The third kappa shape index (κ3) is 4.67. The molecule has 0 aromatic heterocycles.